The topological polar surface area (TPSA) is 114 Å². The van der Waals surface area contributed by atoms with Crippen molar-refractivity contribution in [3.05, 3.63) is 76.8 Å². The summed E-state index contributed by atoms with van der Waals surface area (Å²) in [5, 5.41) is 6.37. The number of benzene rings is 1. The number of rotatable bonds is 5. The molecule has 0 aliphatic carbocycles. The zero-order valence-electron chi connectivity index (χ0n) is 22.4. The van der Waals surface area contributed by atoms with E-state index in [2.05, 4.69) is 37.2 Å². The highest BCUT2D eigenvalue weighted by molar-refractivity contribution is 6.30. The van der Waals surface area contributed by atoms with E-state index in [1.54, 1.807) is 12.1 Å². The molecular weight excluding hydrogens is 537 g/mol. The van der Waals surface area contributed by atoms with Gasteiger partial charge >= 0.3 is 0 Å². The summed E-state index contributed by atoms with van der Waals surface area (Å²) in [6, 6.07) is 5.61. The summed E-state index contributed by atoms with van der Waals surface area (Å²) < 4.78 is 14.3. The Labute approximate surface area is 235 Å². The van der Waals surface area contributed by atoms with Gasteiger partial charge in [-0.3, -0.25) is 24.2 Å². The van der Waals surface area contributed by atoms with E-state index >= 15 is 0 Å². The summed E-state index contributed by atoms with van der Waals surface area (Å²) in [7, 11) is 0. The number of hydrogen-bond donors (Lipinski definition) is 3. The van der Waals surface area contributed by atoms with E-state index in [9.17, 15) is 18.8 Å². The number of likely N-dealkylation sites (tertiary alicyclic amines) is 1. The van der Waals surface area contributed by atoms with Crippen LogP contribution in [0.1, 0.15) is 43.1 Å². The number of fused-ring (bicyclic) bond motifs is 2. The highest BCUT2D eigenvalue weighted by Gasteiger charge is 2.34. The van der Waals surface area contributed by atoms with Crippen molar-refractivity contribution in [2.45, 2.75) is 57.9 Å². The Bertz CT molecular complexity index is 1540. The van der Waals surface area contributed by atoms with Crippen LogP contribution in [0.3, 0.4) is 0 Å². The molecule has 2 aromatic carbocycles. The van der Waals surface area contributed by atoms with E-state index < -0.39 is 10.9 Å². The third-order valence-corrected chi connectivity index (χ3v) is 8.81. The summed E-state index contributed by atoms with van der Waals surface area (Å²) in [5.74, 6) is 0.138. The number of piperazine rings is 1. The van der Waals surface area contributed by atoms with Crippen LogP contribution in [0.2, 0.25) is 5.02 Å². The molecule has 12 heteroatoms. The predicted molar refractivity (Wildman–Crippen MR) is 154 cm³/mol. The molecule has 212 valence electrons. The zero-order valence-corrected chi connectivity index (χ0v) is 23.2. The molecule has 1 unspecified atom stereocenters. The fourth-order valence-corrected chi connectivity index (χ4v) is 6.46. The van der Waals surface area contributed by atoms with Gasteiger partial charge in [0.1, 0.15) is 17.2 Å². The molecule has 3 aliphatic heterocycles. The second-order valence-electron chi connectivity index (χ2n) is 10.9. The van der Waals surface area contributed by atoms with Gasteiger partial charge < -0.3 is 20.5 Å². The largest absolute Gasteiger partial charge is 0.374 e. The van der Waals surface area contributed by atoms with Gasteiger partial charge in [-0.2, -0.15) is 0 Å². The van der Waals surface area contributed by atoms with Crippen LogP contribution in [-0.2, 0) is 19.6 Å². The number of nitrogens with zero attached hydrogens (tertiary/aromatic N) is 4. The lowest BCUT2D eigenvalue weighted by Gasteiger charge is -2.47. The van der Waals surface area contributed by atoms with Crippen molar-refractivity contribution in [1.29, 1.82) is 0 Å². The molecule has 3 N–H and O–H groups in total. The van der Waals surface area contributed by atoms with Crippen molar-refractivity contribution in [3.8, 4) is 0 Å². The molecule has 1 aromatic heterocycles. The number of anilines is 3. The third kappa shape index (κ3) is 5.02. The molecule has 0 bridgehead atoms. The molecule has 3 aromatic rings. The number of nitrogens with one attached hydrogen (secondary N) is 3. The van der Waals surface area contributed by atoms with Crippen LogP contribution in [0, 0.1) is 5.82 Å². The third-order valence-electron chi connectivity index (χ3n) is 8.58. The molecule has 0 amide bonds. The number of H-pyrrole nitrogens is 1. The normalized spacial score (nSPS) is 20.8. The monoisotopic (exact) mass is 569 g/mol. The van der Waals surface area contributed by atoms with Gasteiger partial charge in [-0.25, -0.2) is 9.37 Å². The molecule has 0 saturated carbocycles. The lowest BCUT2D eigenvalue weighted by atomic mass is 9.98. The molecule has 2 saturated heterocycles. The first kappa shape index (κ1) is 26.9. The molecule has 0 spiro atoms. The van der Waals surface area contributed by atoms with Crippen molar-refractivity contribution in [2.24, 2.45) is 0 Å². The van der Waals surface area contributed by atoms with Crippen LogP contribution in [0.4, 0.5) is 21.6 Å². The lowest BCUT2D eigenvalue weighted by molar-refractivity contribution is 0.0607. The van der Waals surface area contributed by atoms with Crippen molar-refractivity contribution >= 4 is 28.8 Å². The first-order chi connectivity index (χ1) is 19.3. The fraction of sp³-hybridized carbons (Fsp3) is 0.500. The van der Waals surface area contributed by atoms with Crippen molar-refractivity contribution in [2.75, 3.05) is 48.3 Å². The number of aromatic amines is 1. The van der Waals surface area contributed by atoms with Gasteiger partial charge in [0.15, 0.2) is 5.82 Å². The molecular formula is C28H33ClFN7O3. The van der Waals surface area contributed by atoms with Crippen LogP contribution in [0.5, 0.6) is 0 Å². The van der Waals surface area contributed by atoms with Crippen LogP contribution in [-0.4, -0.2) is 64.6 Å². The molecule has 4 heterocycles. The Morgan fingerprint density at radius 2 is 1.75 bits per heavy atom. The smallest absolute Gasteiger partial charge is 0.291 e. The quantitative estimate of drug-likeness (QED) is 0.398. The SMILES string of the molecule is CCC1CN(c2nc3c([nH]c2=O)CNc2c(c(=O)c2=O)NC3)CCN1C1CCN(Cc2ccc(Cl)cc2F)CC1. The Hall–Kier alpha value is -3.28. The predicted octanol–water partition coefficient (Wildman–Crippen LogP) is 2.26. The Morgan fingerprint density at radius 3 is 2.45 bits per heavy atom. The van der Waals surface area contributed by atoms with E-state index in [0.717, 1.165) is 38.9 Å². The maximum atomic E-state index is 14.3. The number of halogens is 2. The van der Waals surface area contributed by atoms with Gasteiger partial charge in [0.2, 0.25) is 0 Å². The molecule has 1 atom stereocenters. The Balaban J connectivity index is 1.10. The molecule has 0 radical (unpaired) electrons. The van der Waals surface area contributed by atoms with Gasteiger partial charge in [-0.15, -0.1) is 0 Å². The van der Waals surface area contributed by atoms with E-state index in [0.29, 0.717) is 53.5 Å². The standard InChI is InChI=1S/C28H33ClFN7O3/c1-2-18-15-36(27-28(40)34-22-13-32-24-23(25(38)26(24)39)31-12-21(22)33-27)9-10-37(18)19-5-7-35(8-6-19)14-16-3-4-17(29)11-20(16)30/h3-4,11,18-19,31-32H,2,5-10,12-15H2,1H3,(H,34,40). The summed E-state index contributed by atoms with van der Waals surface area (Å²) in [5.41, 5.74) is 1.17. The van der Waals surface area contributed by atoms with Crippen molar-refractivity contribution < 1.29 is 4.39 Å². The van der Waals surface area contributed by atoms with Crippen LogP contribution in [0.15, 0.2) is 32.6 Å². The van der Waals surface area contributed by atoms with Gasteiger partial charge in [0.25, 0.3) is 16.4 Å². The number of hydrogen-bond acceptors (Lipinski definition) is 9. The van der Waals surface area contributed by atoms with Crippen LogP contribution >= 0.6 is 11.6 Å². The molecule has 6 rings (SSSR count). The van der Waals surface area contributed by atoms with E-state index in [1.807, 2.05) is 0 Å². The van der Waals surface area contributed by atoms with Gasteiger partial charge in [0, 0.05) is 48.8 Å². The van der Waals surface area contributed by atoms with Crippen molar-refractivity contribution in [3.63, 3.8) is 0 Å². The summed E-state index contributed by atoms with van der Waals surface area (Å²) >= 11 is 5.90. The molecule has 3 aliphatic rings. The second kappa shape index (κ2) is 10.9. The Kier molecular flexibility index (Phi) is 7.37. The van der Waals surface area contributed by atoms with Crippen LogP contribution in [0.25, 0.3) is 0 Å². The summed E-state index contributed by atoms with van der Waals surface area (Å²) in [4.78, 5) is 51.4. The van der Waals surface area contributed by atoms with Crippen molar-refractivity contribution in [1.82, 2.24) is 19.8 Å². The van der Waals surface area contributed by atoms with Crippen LogP contribution < -0.4 is 32.0 Å². The van der Waals surface area contributed by atoms with E-state index in [4.69, 9.17) is 16.6 Å². The number of piperidine rings is 1. The minimum absolute atomic E-state index is 0.228. The summed E-state index contributed by atoms with van der Waals surface area (Å²) in [6.45, 7) is 7.29. The minimum Gasteiger partial charge on any atom is -0.374 e. The van der Waals surface area contributed by atoms with E-state index in [1.165, 1.54) is 6.07 Å². The zero-order chi connectivity index (χ0) is 28.0. The van der Waals surface area contributed by atoms with Gasteiger partial charge in [0.05, 0.1) is 24.5 Å². The lowest BCUT2D eigenvalue weighted by Crippen LogP contribution is -2.59. The minimum atomic E-state index is -0.539. The van der Waals surface area contributed by atoms with Gasteiger partial charge in [-0.05, 0) is 44.5 Å². The highest BCUT2D eigenvalue weighted by Crippen LogP contribution is 2.27. The number of aromatic nitrogens is 2. The first-order valence-electron chi connectivity index (χ1n) is 13.9. The fourth-order valence-electron chi connectivity index (χ4n) is 6.30. The maximum Gasteiger partial charge on any atom is 0.291 e. The highest BCUT2D eigenvalue weighted by atomic mass is 35.5. The summed E-state index contributed by atoms with van der Waals surface area (Å²) in [6.07, 6.45) is 2.98. The first-order valence-corrected chi connectivity index (χ1v) is 14.3. The molecule has 40 heavy (non-hydrogen) atoms. The maximum absolute atomic E-state index is 14.3. The average molecular weight is 570 g/mol. The second-order valence-corrected chi connectivity index (χ2v) is 11.4. The molecule has 10 nitrogen and oxygen atoms in total. The molecule has 2 fully saturated rings. The van der Waals surface area contributed by atoms with E-state index in [-0.39, 0.29) is 41.9 Å². The Morgan fingerprint density at radius 1 is 1.02 bits per heavy atom. The average Bonchev–Trinajstić information content (AvgIpc) is 2.95. The van der Waals surface area contributed by atoms with Gasteiger partial charge in [-0.1, -0.05) is 24.6 Å².